The molecule has 0 heterocycles. The predicted octanol–water partition coefficient (Wildman–Crippen LogP) is 2.86. The molecule has 0 unspecified atom stereocenters. The van der Waals surface area contributed by atoms with Gasteiger partial charge in [0.25, 0.3) is 0 Å². The average molecular weight is 289 g/mol. The number of amides is 1. The minimum absolute atomic E-state index is 0.0212. The van der Waals surface area contributed by atoms with E-state index in [4.69, 9.17) is 0 Å². The van der Waals surface area contributed by atoms with Gasteiger partial charge in [-0.25, -0.2) is 0 Å². The van der Waals surface area contributed by atoms with E-state index in [1.165, 1.54) is 6.92 Å². The highest BCUT2D eigenvalue weighted by molar-refractivity contribution is 5.98. The number of nitrogens with one attached hydrogen (secondary N) is 1. The fourth-order valence-electron chi connectivity index (χ4n) is 2.85. The van der Waals surface area contributed by atoms with Crippen LogP contribution in [0.1, 0.15) is 49.4 Å². The highest BCUT2D eigenvalue weighted by Gasteiger charge is 2.42. The highest BCUT2D eigenvalue weighted by Crippen LogP contribution is 2.41. The fourth-order valence-corrected chi connectivity index (χ4v) is 2.85. The first-order chi connectivity index (χ1) is 9.93. The summed E-state index contributed by atoms with van der Waals surface area (Å²) in [7, 11) is 0. The van der Waals surface area contributed by atoms with Crippen molar-refractivity contribution in [2.45, 2.75) is 39.0 Å². The van der Waals surface area contributed by atoms with E-state index in [9.17, 15) is 19.5 Å². The molecule has 0 radical (unpaired) electrons. The SMILES string of the molecule is CC(=O)c1cccc(NC(=O)CC2(C(=O)O)CCCC2)c1. The zero-order valence-corrected chi connectivity index (χ0v) is 12.0. The molecule has 1 aromatic rings. The van der Waals surface area contributed by atoms with E-state index in [2.05, 4.69) is 5.32 Å². The van der Waals surface area contributed by atoms with Gasteiger partial charge >= 0.3 is 5.97 Å². The Morgan fingerprint density at radius 2 is 1.90 bits per heavy atom. The number of carboxylic acid groups (broad SMARTS) is 1. The number of ketones is 1. The average Bonchev–Trinajstić information content (AvgIpc) is 2.88. The van der Waals surface area contributed by atoms with E-state index >= 15 is 0 Å². The van der Waals surface area contributed by atoms with E-state index in [0.717, 1.165) is 12.8 Å². The van der Waals surface area contributed by atoms with Gasteiger partial charge in [0.2, 0.25) is 5.91 Å². The van der Waals surface area contributed by atoms with Gasteiger partial charge in [-0.1, -0.05) is 25.0 Å². The summed E-state index contributed by atoms with van der Waals surface area (Å²) in [5.41, 5.74) is 0.107. The first-order valence-electron chi connectivity index (χ1n) is 7.07. The Kier molecular flexibility index (Phi) is 4.40. The molecule has 0 atom stereocenters. The smallest absolute Gasteiger partial charge is 0.310 e. The van der Waals surface area contributed by atoms with Gasteiger partial charge in [-0.05, 0) is 31.9 Å². The molecule has 1 aromatic carbocycles. The molecular weight excluding hydrogens is 270 g/mol. The van der Waals surface area contributed by atoms with Crippen molar-refractivity contribution in [2.24, 2.45) is 5.41 Å². The minimum Gasteiger partial charge on any atom is -0.481 e. The Morgan fingerprint density at radius 3 is 2.48 bits per heavy atom. The molecule has 5 nitrogen and oxygen atoms in total. The molecule has 2 rings (SSSR count). The molecule has 1 fully saturated rings. The molecule has 1 saturated carbocycles. The lowest BCUT2D eigenvalue weighted by Crippen LogP contribution is -2.32. The zero-order chi connectivity index (χ0) is 15.5. The second-order valence-electron chi connectivity index (χ2n) is 5.65. The van der Waals surface area contributed by atoms with Crippen LogP contribution in [-0.2, 0) is 9.59 Å². The molecule has 112 valence electrons. The number of hydrogen-bond acceptors (Lipinski definition) is 3. The van der Waals surface area contributed by atoms with E-state index < -0.39 is 11.4 Å². The summed E-state index contributed by atoms with van der Waals surface area (Å²) < 4.78 is 0. The summed E-state index contributed by atoms with van der Waals surface area (Å²) in [6, 6.07) is 6.65. The van der Waals surface area contributed by atoms with Crippen LogP contribution < -0.4 is 5.32 Å². The highest BCUT2D eigenvalue weighted by atomic mass is 16.4. The van der Waals surface area contributed by atoms with E-state index in [1.54, 1.807) is 24.3 Å². The molecule has 1 aliphatic rings. The van der Waals surface area contributed by atoms with Crippen molar-refractivity contribution in [3.8, 4) is 0 Å². The molecule has 0 saturated heterocycles. The number of carbonyl (C=O) groups is 3. The van der Waals surface area contributed by atoms with E-state index in [1.807, 2.05) is 0 Å². The molecule has 1 aliphatic carbocycles. The standard InChI is InChI=1S/C16H19NO4/c1-11(18)12-5-4-6-13(9-12)17-14(19)10-16(15(20)21)7-2-3-8-16/h4-6,9H,2-3,7-8,10H2,1H3,(H,17,19)(H,20,21). The van der Waals surface area contributed by atoms with Gasteiger partial charge in [-0.15, -0.1) is 0 Å². The van der Waals surface area contributed by atoms with Crippen molar-refractivity contribution in [1.29, 1.82) is 0 Å². The van der Waals surface area contributed by atoms with E-state index in [-0.39, 0.29) is 18.1 Å². The summed E-state index contributed by atoms with van der Waals surface area (Å²) in [6.45, 7) is 1.46. The van der Waals surface area contributed by atoms with Crippen molar-refractivity contribution in [2.75, 3.05) is 5.32 Å². The third kappa shape index (κ3) is 3.48. The van der Waals surface area contributed by atoms with Gasteiger partial charge in [0.15, 0.2) is 5.78 Å². The second kappa shape index (κ2) is 6.08. The van der Waals surface area contributed by atoms with Crippen LogP contribution in [0.4, 0.5) is 5.69 Å². The fraction of sp³-hybridized carbons (Fsp3) is 0.438. The van der Waals surface area contributed by atoms with Gasteiger partial charge in [0.05, 0.1) is 5.41 Å². The number of rotatable bonds is 5. The lowest BCUT2D eigenvalue weighted by Gasteiger charge is -2.22. The number of benzene rings is 1. The van der Waals surface area contributed by atoms with Gasteiger partial charge < -0.3 is 10.4 Å². The molecule has 5 heteroatoms. The summed E-state index contributed by atoms with van der Waals surface area (Å²) in [6.07, 6.45) is 2.76. The van der Waals surface area contributed by atoms with Crippen molar-refractivity contribution in [3.05, 3.63) is 29.8 Å². The minimum atomic E-state index is -0.928. The molecular formula is C16H19NO4. The summed E-state index contributed by atoms with van der Waals surface area (Å²) in [5, 5.41) is 12.1. The maximum Gasteiger partial charge on any atom is 0.310 e. The van der Waals surface area contributed by atoms with Crippen LogP contribution in [0, 0.1) is 5.41 Å². The summed E-state index contributed by atoms with van der Waals surface area (Å²) in [5.74, 6) is -1.29. The molecule has 21 heavy (non-hydrogen) atoms. The maximum absolute atomic E-state index is 12.1. The van der Waals surface area contributed by atoms with Crippen LogP contribution in [0.25, 0.3) is 0 Å². The first-order valence-corrected chi connectivity index (χ1v) is 7.07. The number of carbonyl (C=O) groups excluding carboxylic acids is 2. The number of hydrogen-bond donors (Lipinski definition) is 2. The van der Waals surface area contributed by atoms with Crippen LogP contribution in [0.15, 0.2) is 24.3 Å². The monoisotopic (exact) mass is 289 g/mol. The Morgan fingerprint density at radius 1 is 1.24 bits per heavy atom. The first kappa shape index (κ1) is 15.2. The van der Waals surface area contributed by atoms with Crippen LogP contribution in [-0.4, -0.2) is 22.8 Å². The van der Waals surface area contributed by atoms with Gasteiger partial charge in [0, 0.05) is 17.7 Å². The number of Topliss-reactive ketones (excluding diaryl/α,β-unsaturated/α-hetero) is 1. The van der Waals surface area contributed by atoms with Crippen molar-refractivity contribution in [3.63, 3.8) is 0 Å². The number of carboxylic acids is 1. The lowest BCUT2D eigenvalue weighted by molar-refractivity contribution is -0.150. The second-order valence-corrected chi connectivity index (χ2v) is 5.65. The van der Waals surface area contributed by atoms with Crippen LogP contribution in [0.5, 0.6) is 0 Å². The lowest BCUT2D eigenvalue weighted by atomic mass is 9.82. The maximum atomic E-state index is 12.1. The van der Waals surface area contributed by atoms with Crippen molar-refractivity contribution < 1.29 is 19.5 Å². The summed E-state index contributed by atoms with van der Waals surface area (Å²) in [4.78, 5) is 34.8. The topological polar surface area (TPSA) is 83.5 Å². The summed E-state index contributed by atoms with van der Waals surface area (Å²) >= 11 is 0. The molecule has 1 amide bonds. The quantitative estimate of drug-likeness (QED) is 0.816. The molecule has 0 aliphatic heterocycles. The Labute approximate surface area is 123 Å². The van der Waals surface area contributed by atoms with Crippen LogP contribution in [0.3, 0.4) is 0 Å². The Hall–Kier alpha value is -2.17. The van der Waals surface area contributed by atoms with Crippen molar-refractivity contribution in [1.82, 2.24) is 0 Å². The largest absolute Gasteiger partial charge is 0.481 e. The van der Waals surface area contributed by atoms with Crippen LogP contribution in [0.2, 0.25) is 0 Å². The van der Waals surface area contributed by atoms with Crippen molar-refractivity contribution >= 4 is 23.3 Å². The predicted molar refractivity (Wildman–Crippen MR) is 78.2 cm³/mol. The Balaban J connectivity index is 2.06. The zero-order valence-electron chi connectivity index (χ0n) is 12.0. The van der Waals surface area contributed by atoms with E-state index in [0.29, 0.717) is 24.1 Å². The third-order valence-electron chi connectivity index (χ3n) is 4.07. The van der Waals surface area contributed by atoms with Gasteiger partial charge in [0.1, 0.15) is 0 Å². The normalized spacial score (nSPS) is 16.4. The Bertz CT molecular complexity index is 573. The molecule has 0 spiro atoms. The van der Waals surface area contributed by atoms with Gasteiger partial charge in [-0.3, -0.25) is 14.4 Å². The molecule has 0 aromatic heterocycles. The number of aliphatic carboxylic acids is 1. The van der Waals surface area contributed by atoms with Gasteiger partial charge in [-0.2, -0.15) is 0 Å². The van der Waals surface area contributed by atoms with Crippen LogP contribution >= 0.6 is 0 Å². The molecule has 2 N–H and O–H groups in total. The number of anilines is 1. The molecule has 0 bridgehead atoms. The third-order valence-corrected chi connectivity index (χ3v) is 4.07.